The highest BCUT2D eigenvalue weighted by atomic mass is 16.5. The van der Waals surface area contributed by atoms with Crippen molar-refractivity contribution in [3.05, 3.63) is 48.4 Å². The molecule has 0 saturated carbocycles. The molecular formula is C21H23N3O3. The third-order valence-electron chi connectivity index (χ3n) is 4.99. The number of ether oxygens (including phenoxy) is 1. The molecule has 1 saturated heterocycles. The Bertz CT molecular complexity index is 941. The summed E-state index contributed by atoms with van der Waals surface area (Å²) in [7, 11) is 2.16. The molecule has 0 bridgehead atoms. The van der Waals surface area contributed by atoms with Crippen LogP contribution < -0.4 is 4.90 Å². The van der Waals surface area contributed by atoms with Gasteiger partial charge < -0.3 is 19.0 Å². The Kier molecular flexibility index (Phi) is 4.81. The Hall–Kier alpha value is -2.86. The monoisotopic (exact) mass is 365 g/mol. The minimum atomic E-state index is -0.371. The predicted octanol–water partition coefficient (Wildman–Crippen LogP) is 3.42. The molecule has 1 fully saturated rings. The van der Waals surface area contributed by atoms with E-state index in [2.05, 4.69) is 46.1 Å². The van der Waals surface area contributed by atoms with Crippen molar-refractivity contribution in [3.63, 3.8) is 0 Å². The molecule has 6 nitrogen and oxygen atoms in total. The molecule has 1 aliphatic rings. The number of aromatic nitrogens is 1. The van der Waals surface area contributed by atoms with Gasteiger partial charge in [-0.25, -0.2) is 9.78 Å². The van der Waals surface area contributed by atoms with Gasteiger partial charge in [-0.15, -0.1) is 0 Å². The summed E-state index contributed by atoms with van der Waals surface area (Å²) in [5.74, 6) is -0.371. The third kappa shape index (κ3) is 3.53. The second kappa shape index (κ2) is 7.40. The van der Waals surface area contributed by atoms with E-state index in [-0.39, 0.29) is 5.97 Å². The molecule has 140 valence electrons. The highest BCUT2D eigenvalue weighted by Crippen LogP contribution is 2.31. The molecule has 0 unspecified atom stereocenters. The maximum atomic E-state index is 12.0. The van der Waals surface area contributed by atoms with Gasteiger partial charge in [0.15, 0.2) is 0 Å². The normalized spacial score (nSPS) is 15.3. The summed E-state index contributed by atoms with van der Waals surface area (Å²) < 4.78 is 10.6. The van der Waals surface area contributed by atoms with Crippen LogP contribution >= 0.6 is 0 Å². The number of hydrogen-bond donors (Lipinski definition) is 0. The first kappa shape index (κ1) is 17.5. The molecule has 0 N–H and O–H groups in total. The summed E-state index contributed by atoms with van der Waals surface area (Å²) in [4.78, 5) is 21.0. The lowest BCUT2D eigenvalue weighted by Gasteiger charge is -2.34. The fourth-order valence-electron chi connectivity index (χ4n) is 3.38. The van der Waals surface area contributed by atoms with Gasteiger partial charge in [0.1, 0.15) is 6.26 Å². The molecule has 0 atom stereocenters. The van der Waals surface area contributed by atoms with Gasteiger partial charge >= 0.3 is 5.97 Å². The lowest BCUT2D eigenvalue weighted by molar-refractivity contribution is 0.0526. The van der Waals surface area contributed by atoms with Crippen LogP contribution in [0.4, 0.5) is 5.69 Å². The lowest BCUT2D eigenvalue weighted by Crippen LogP contribution is -2.44. The van der Waals surface area contributed by atoms with Crippen LogP contribution in [0.2, 0.25) is 0 Å². The van der Waals surface area contributed by atoms with Crippen molar-refractivity contribution in [3.8, 4) is 11.1 Å². The maximum Gasteiger partial charge on any atom is 0.339 e. The molecule has 0 aliphatic carbocycles. The first-order chi connectivity index (χ1) is 13.2. The Morgan fingerprint density at radius 3 is 2.63 bits per heavy atom. The van der Waals surface area contributed by atoms with E-state index in [9.17, 15) is 4.79 Å². The molecule has 2 aromatic heterocycles. The number of fused-ring (bicyclic) bond motifs is 1. The first-order valence-corrected chi connectivity index (χ1v) is 9.24. The average Bonchev–Trinajstić information content (AvgIpc) is 3.12. The molecule has 0 radical (unpaired) electrons. The predicted molar refractivity (Wildman–Crippen MR) is 105 cm³/mol. The van der Waals surface area contributed by atoms with Crippen molar-refractivity contribution in [1.29, 1.82) is 0 Å². The van der Waals surface area contributed by atoms with E-state index in [0.717, 1.165) is 42.7 Å². The van der Waals surface area contributed by atoms with E-state index < -0.39 is 0 Å². The fraction of sp³-hybridized carbons (Fsp3) is 0.333. The minimum absolute atomic E-state index is 0.336. The van der Waals surface area contributed by atoms with Gasteiger partial charge in [0.25, 0.3) is 0 Å². The van der Waals surface area contributed by atoms with Gasteiger partial charge in [0.05, 0.1) is 12.2 Å². The van der Waals surface area contributed by atoms with Gasteiger partial charge in [0, 0.05) is 49.0 Å². The SMILES string of the molecule is CCOC(=O)c1cnc2occ(-c3ccc(N4CCN(C)CC4)cc3)c2c1. The molecule has 0 spiro atoms. The van der Waals surface area contributed by atoms with Crippen LogP contribution in [0.5, 0.6) is 0 Å². The molecule has 27 heavy (non-hydrogen) atoms. The molecule has 1 aliphatic heterocycles. The number of furan rings is 1. The Balaban J connectivity index is 1.62. The quantitative estimate of drug-likeness (QED) is 0.660. The van der Waals surface area contributed by atoms with E-state index in [1.54, 1.807) is 19.3 Å². The van der Waals surface area contributed by atoms with Gasteiger partial charge in [-0.1, -0.05) is 12.1 Å². The van der Waals surface area contributed by atoms with Crippen molar-refractivity contribution in [2.75, 3.05) is 44.7 Å². The van der Waals surface area contributed by atoms with Crippen molar-refractivity contribution >= 4 is 22.8 Å². The van der Waals surface area contributed by atoms with Crippen molar-refractivity contribution in [1.82, 2.24) is 9.88 Å². The zero-order chi connectivity index (χ0) is 18.8. The summed E-state index contributed by atoms with van der Waals surface area (Å²) in [6.45, 7) is 6.36. The van der Waals surface area contributed by atoms with Gasteiger partial charge in [0.2, 0.25) is 5.71 Å². The fourth-order valence-corrected chi connectivity index (χ4v) is 3.38. The number of benzene rings is 1. The smallest absolute Gasteiger partial charge is 0.339 e. The summed E-state index contributed by atoms with van der Waals surface area (Å²) in [5.41, 5.74) is 4.13. The second-order valence-electron chi connectivity index (χ2n) is 6.78. The molecule has 4 rings (SSSR count). The van der Waals surface area contributed by atoms with Crippen molar-refractivity contribution in [2.45, 2.75) is 6.92 Å². The molecule has 3 aromatic rings. The number of hydrogen-bond acceptors (Lipinski definition) is 6. The van der Waals surface area contributed by atoms with Crippen LogP contribution in [0.1, 0.15) is 17.3 Å². The molecular weight excluding hydrogens is 342 g/mol. The number of rotatable bonds is 4. The van der Waals surface area contributed by atoms with E-state index in [0.29, 0.717) is 17.9 Å². The zero-order valence-electron chi connectivity index (χ0n) is 15.6. The number of carbonyl (C=O) groups excluding carboxylic acids is 1. The summed E-state index contributed by atoms with van der Waals surface area (Å²) in [6, 6.07) is 10.3. The summed E-state index contributed by atoms with van der Waals surface area (Å²) >= 11 is 0. The second-order valence-corrected chi connectivity index (χ2v) is 6.78. The van der Waals surface area contributed by atoms with Gasteiger partial charge in [-0.3, -0.25) is 0 Å². The minimum Gasteiger partial charge on any atom is -0.462 e. The highest BCUT2D eigenvalue weighted by Gasteiger charge is 2.16. The first-order valence-electron chi connectivity index (χ1n) is 9.24. The topological polar surface area (TPSA) is 58.8 Å². The van der Waals surface area contributed by atoms with Crippen LogP contribution in [-0.2, 0) is 4.74 Å². The van der Waals surface area contributed by atoms with Crippen LogP contribution in [0.15, 0.2) is 47.2 Å². The van der Waals surface area contributed by atoms with Crippen molar-refractivity contribution < 1.29 is 13.9 Å². The Morgan fingerprint density at radius 2 is 1.93 bits per heavy atom. The van der Waals surface area contributed by atoms with Crippen LogP contribution in [0.25, 0.3) is 22.2 Å². The van der Waals surface area contributed by atoms with Crippen LogP contribution in [0, 0.1) is 0 Å². The van der Waals surface area contributed by atoms with E-state index >= 15 is 0 Å². The number of anilines is 1. The molecule has 3 heterocycles. The third-order valence-corrected chi connectivity index (χ3v) is 4.99. The van der Waals surface area contributed by atoms with E-state index in [1.165, 1.54) is 11.9 Å². The maximum absolute atomic E-state index is 12.0. The number of carbonyl (C=O) groups is 1. The molecule has 6 heteroatoms. The summed E-state index contributed by atoms with van der Waals surface area (Å²) in [6.07, 6.45) is 3.18. The van der Waals surface area contributed by atoms with Crippen LogP contribution in [-0.4, -0.2) is 55.7 Å². The highest BCUT2D eigenvalue weighted by molar-refractivity contribution is 5.98. The lowest BCUT2D eigenvalue weighted by atomic mass is 10.0. The zero-order valence-corrected chi connectivity index (χ0v) is 15.6. The van der Waals surface area contributed by atoms with E-state index in [1.807, 2.05) is 0 Å². The Labute approximate surface area is 158 Å². The number of nitrogens with zero attached hydrogens (tertiary/aromatic N) is 3. The van der Waals surface area contributed by atoms with E-state index in [4.69, 9.17) is 9.15 Å². The number of esters is 1. The van der Waals surface area contributed by atoms with Gasteiger partial charge in [-0.05, 0) is 37.7 Å². The summed E-state index contributed by atoms with van der Waals surface area (Å²) in [5, 5.41) is 0.813. The number of piperazine rings is 1. The standard InChI is InChI=1S/C21H23N3O3/c1-3-26-21(25)16-12-18-19(14-27-20(18)22-13-16)15-4-6-17(7-5-15)24-10-8-23(2)9-11-24/h4-7,12-14H,3,8-11H2,1-2H3. The van der Waals surface area contributed by atoms with Crippen molar-refractivity contribution in [2.24, 2.45) is 0 Å². The largest absolute Gasteiger partial charge is 0.462 e. The number of pyridine rings is 1. The average molecular weight is 365 g/mol. The Morgan fingerprint density at radius 1 is 1.19 bits per heavy atom. The number of likely N-dealkylation sites (N-methyl/N-ethyl adjacent to an activating group) is 1. The molecule has 0 amide bonds. The van der Waals surface area contributed by atoms with Crippen LogP contribution in [0.3, 0.4) is 0 Å². The molecule has 1 aromatic carbocycles. The van der Waals surface area contributed by atoms with Gasteiger partial charge in [-0.2, -0.15) is 0 Å².